The summed E-state index contributed by atoms with van der Waals surface area (Å²) < 4.78 is 0. The van der Waals surface area contributed by atoms with Crippen LogP contribution in [0, 0.1) is 11.3 Å². The number of carbonyl (C=O) groups excluding carboxylic acids is 1. The first-order valence-corrected chi connectivity index (χ1v) is 7.55. The summed E-state index contributed by atoms with van der Waals surface area (Å²) in [6.07, 6.45) is 4.96. The van der Waals surface area contributed by atoms with Crippen LogP contribution >= 0.6 is 0 Å². The van der Waals surface area contributed by atoms with E-state index in [1.54, 1.807) is 36.7 Å². The fraction of sp³-hybridized carbons (Fsp3) is 0.278. The van der Waals surface area contributed by atoms with Crippen molar-refractivity contribution in [3.05, 3.63) is 59.9 Å². The highest BCUT2D eigenvalue weighted by Gasteiger charge is 2.05. The highest BCUT2D eigenvalue weighted by atomic mass is 16.1. The van der Waals surface area contributed by atoms with Gasteiger partial charge in [-0.2, -0.15) is 5.26 Å². The summed E-state index contributed by atoms with van der Waals surface area (Å²) in [5.74, 6) is -0.0227. The number of carbonyl (C=O) groups is 1. The molecule has 1 amide bonds. The van der Waals surface area contributed by atoms with Crippen molar-refractivity contribution < 1.29 is 4.79 Å². The van der Waals surface area contributed by atoms with Crippen LogP contribution in [0.15, 0.2) is 48.8 Å². The number of anilines is 1. The number of nitriles is 1. The molecule has 1 N–H and O–H groups in total. The third-order valence-corrected chi connectivity index (χ3v) is 3.55. The lowest BCUT2D eigenvalue weighted by Crippen LogP contribution is -2.26. The lowest BCUT2D eigenvalue weighted by molar-refractivity contribution is -0.116. The Morgan fingerprint density at radius 2 is 1.87 bits per heavy atom. The number of benzene rings is 1. The number of hydrogen-bond donors (Lipinski definition) is 1. The SMILES string of the molecule is CN(CCC(=O)Nc1ccc(C#N)cc1)CCc1ccncc1. The zero-order valence-corrected chi connectivity index (χ0v) is 13.2. The Bertz CT molecular complexity index is 662. The van der Waals surface area contributed by atoms with Crippen LogP contribution in [-0.4, -0.2) is 35.9 Å². The number of rotatable bonds is 7. The van der Waals surface area contributed by atoms with E-state index in [1.165, 1.54) is 5.56 Å². The van der Waals surface area contributed by atoms with Crippen LogP contribution in [0.3, 0.4) is 0 Å². The van der Waals surface area contributed by atoms with Gasteiger partial charge < -0.3 is 10.2 Å². The van der Waals surface area contributed by atoms with Crippen LogP contribution < -0.4 is 5.32 Å². The topological polar surface area (TPSA) is 69.0 Å². The van der Waals surface area contributed by atoms with Crippen LogP contribution in [0.2, 0.25) is 0 Å². The molecule has 0 atom stereocenters. The van der Waals surface area contributed by atoms with Gasteiger partial charge in [0.05, 0.1) is 11.6 Å². The maximum Gasteiger partial charge on any atom is 0.225 e. The predicted octanol–water partition coefficient (Wildman–Crippen LogP) is 2.46. The fourth-order valence-corrected chi connectivity index (χ4v) is 2.13. The number of hydrogen-bond acceptors (Lipinski definition) is 4. The molecule has 1 aromatic heterocycles. The maximum absolute atomic E-state index is 11.9. The van der Waals surface area contributed by atoms with Crippen molar-refractivity contribution in [3.63, 3.8) is 0 Å². The molecule has 0 bridgehead atoms. The van der Waals surface area contributed by atoms with Crippen LogP contribution in [0.5, 0.6) is 0 Å². The zero-order valence-electron chi connectivity index (χ0n) is 13.2. The van der Waals surface area contributed by atoms with Crippen molar-refractivity contribution in [1.29, 1.82) is 5.26 Å². The second-order valence-electron chi connectivity index (χ2n) is 5.40. The van der Waals surface area contributed by atoms with Gasteiger partial charge >= 0.3 is 0 Å². The Morgan fingerprint density at radius 1 is 1.17 bits per heavy atom. The molecule has 5 heteroatoms. The second kappa shape index (κ2) is 8.66. The van der Waals surface area contributed by atoms with Crippen LogP contribution in [-0.2, 0) is 11.2 Å². The number of amides is 1. The minimum atomic E-state index is -0.0227. The fourth-order valence-electron chi connectivity index (χ4n) is 2.13. The Kier molecular flexibility index (Phi) is 6.28. The Morgan fingerprint density at radius 3 is 2.52 bits per heavy atom. The van der Waals surface area contributed by atoms with Gasteiger partial charge in [-0.15, -0.1) is 0 Å². The summed E-state index contributed by atoms with van der Waals surface area (Å²) in [5.41, 5.74) is 2.54. The molecular formula is C18H20N4O. The highest BCUT2D eigenvalue weighted by Crippen LogP contribution is 2.09. The first kappa shape index (κ1) is 16.7. The molecule has 0 spiro atoms. The van der Waals surface area contributed by atoms with Gasteiger partial charge in [0.2, 0.25) is 5.91 Å². The molecule has 118 valence electrons. The Hall–Kier alpha value is -2.71. The lowest BCUT2D eigenvalue weighted by Gasteiger charge is -2.16. The standard InChI is InChI=1S/C18H20N4O/c1-22(12-8-15-6-10-20-11-7-15)13-9-18(23)21-17-4-2-16(14-19)3-5-17/h2-7,10-11H,8-9,12-13H2,1H3,(H,21,23). The maximum atomic E-state index is 11.9. The molecule has 0 saturated heterocycles. The van der Waals surface area contributed by atoms with Crippen LogP contribution in [0.1, 0.15) is 17.5 Å². The van der Waals surface area contributed by atoms with E-state index in [4.69, 9.17) is 5.26 Å². The molecule has 1 heterocycles. The number of nitrogens with one attached hydrogen (secondary N) is 1. The summed E-state index contributed by atoms with van der Waals surface area (Å²) in [4.78, 5) is 18.1. The predicted molar refractivity (Wildman–Crippen MR) is 89.8 cm³/mol. The van der Waals surface area contributed by atoms with Crippen molar-refractivity contribution in [1.82, 2.24) is 9.88 Å². The summed E-state index contributed by atoms with van der Waals surface area (Å²) >= 11 is 0. The summed E-state index contributed by atoms with van der Waals surface area (Å²) in [6, 6.07) is 12.9. The quantitative estimate of drug-likeness (QED) is 0.853. The Labute approximate surface area is 136 Å². The number of aromatic nitrogens is 1. The first-order valence-electron chi connectivity index (χ1n) is 7.55. The number of nitrogens with zero attached hydrogens (tertiary/aromatic N) is 3. The molecule has 0 aliphatic rings. The van der Waals surface area contributed by atoms with E-state index < -0.39 is 0 Å². The monoisotopic (exact) mass is 308 g/mol. The normalized spacial score (nSPS) is 10.3. The minimum absolute atomic E-state index is 0.0227. The van der Waals surface area contributed by atoms with Gasteiger partial charge in [-0.3, -0.25) is 9.78 Å². The average molecular weight is 308 g/mol. The lowest BCUT2D eigenvalue weighted by atomic mass is 10.2. The van der Waals surface area contributed by atoms with Crippen molar-refractivity contribution in [2.24, 2.45) is 0 Å². The smallest absolute Gasteiger partial charge is 0.225 e. The molecule has 0 fully saturated rings. The first-order chi connectivity index (χ1) is 11.2. The van der Waals surface area contributed by atoms with E-state index in [2.05, 4.69) is 21.3 Å². The van der Waals surface area contributed by atoms with E-state index >= 15 is 0 Å². The van der Waals surface area contributed by atoms with E-state index in [9.17, 15) is 4.79 Å². The molecule has 0 unspecified atom stereocenters. The molecule has 0 aliphatic heterocycles. The molecule has 2 aromatic rings. The van der Waals surface area contributed by atoms with Gasteiger partial charge in [0.25, 0.3) is 0 Å². The third kappa shape index (κ3) is 5.89. The van der Waals surface area contributed by atoms with E-state index in [0.29, 0.717) is 24.2 Å². The van der Waals surface area contributed by atoms with Gasteiger partial charge in [0, 0.05) is 37.6 Å². The molecule has 0 radical (unpaired) electrons. The summed E-state index contributed by atoms with van der Waals surface area (Å²) in [6.45, 7) is 1.60. The van der Waals surface area contributed by atoms with Gasteiger partial charge in [-0.1, -0.05) is 0 Å². The average Bonchev–Trinajstić information content (AvgIpc) is 2.60. The second-order valence-corrected chi connectivity index (χ2v) is 5.40. The summed E-state index contributed by atoms with van der Waals surface area (Å²) in [7, 11) is 2.01. The van der Waals surface area contributed by atoms with E-state index in [-0.39, 0.29) is 5.91 Å². The largest absolute Gasteiger partial charge is 0.326 e. The van der Waals surface area contributed by atoms with Gasteiger partial charge in [-0.05, 0) is 55.4 Å². The summed E-state index contributed by atoms with van der Waals surface area (Å²) in [5, 5.41) is 11.6. The van der Waals surface area contributed by atoms with Gasteiger partial charge in [-0.25, -0.2) is 0 Å². The molecule has 1 aromatic carbocycles. The minimum Gasteiger partial charge on any atom is -0.326 e. The van der Waals surface area contributed by atoms with Crippen LogP contribution in [0.4, 0.5) is 5.69 Å². The Balaban J connectivity index is 1.70. The van der Waals surface area contributed by atoms with Gasteiger partial charge in [0.1, 0.15) is 0 Å². The van der Waals surface area contributed by atoms with E-state index in [1.807, 2.05) is 19.2 Å². The van der Waals surface area contributed by atoms with Crippen molar-refractivity contribution in [2.45, 2.75) is 12.8 Å². The third-order valence-electron chi connectivity index (χ3n) is 3.55. The van der Waals surface area contributed by atoms with Crippen molar-refractivity contribution >= 4 is 11.6 Å². The molecule has 2 rings (SSSR count). The van der Waals surface area contributed by atoms with Crippen LogP contribution in [0.25, 0.3) is 0 Å². The number of pyridine rings is 1. The molecular weight excluding hydrogens is 288 g/mol. The zero-order chi connectivity index (χ0) is 16.5. The van der Waals surface area contributed by atoms with E-state index in [0.717, 1.165) is 13.0 Å². The van der Waals surface area contributed by atoms with Gasteiger partial charge in [0.15, 0.2) is 0 Å². The molecule has 23 heavy (non-hydrogen) atoms. The molecule has 0 aliphatic carbocycles. The van der Waals surface area contributed by atoms with Crippen molar-refractivity contribution in [3.8, 4) is 6.07 Å². The number of likely N-dealkylation sites (N-methyl/N-ethyl adjacent to an activating group) is 1. The highest BCUT2D eigenvalue weighted by molar-refractivity contribution is 5.90. The molecule has 0 saturated carbocycles. The molecule has 5 nitrogen and oxygen atoms in total. The van der Waals surface area contributed by atoms with Crippen molar-refractivity contribution in [2.75, 3.05) is 25.5 Å².